The van der Waals surface area contributed by atoms with Crippen LogP contribution >= 0.6 is 24.2 Å². The lowest BCUT2D eigenvalue weighted by Gasteiger charge is -2.09. The lowest BCUT2D eigenvalue weighted by Crippen LogP contribution is -2.24. The van der Waals surface area contributed by atoms with Crippen LogP contribution in [0.3, 0.4) is 0 Å². The highest BCUT2D eigenvalue weighted by Gasteiger charge is 2.15. The summed E-state index contributed by atoms with van der Waals surface area (Å²) in [5.74, 6) is -0.00584. The molecule has 0 saturated heterocycles. The summed E-state index contributed by atoms with van der Waals surface area (Å²) in [5.41, 5.74) is 0.867. The molecule has 1 aromatic rings. The van der Waals surface area contributed by atoms with Crippen LogP contribution in [0.25, 0.3) is 0 Å². The monoisotopic (exact) mass is 300 g/mol. The smallest absolute Gasteiger partial charge is 0.238 e. The Morgan fingerprint density at radius 3 is 2.47 bits per heavy atom. The SMILES string of the molecule is CNCC(=O)Nc1ccc(SC2CCCC2)cc1.Cl. The maximum Gasteiger partial charge on any atom is 0.238 e. The molecule has 0 aliphatic heterocycles. The molecule has 0 atom stereocenters. The normalized spacial score (nSPS) is 15.0. The van der Waals surface area contributed by atoms with E-state index in [-0.39, 0.29) is 18.3 Å². The van der Waals surface area contributed by atoms with Crippen molar-refractivity contribution in [2.24, 2.45) is 0 Å². The van der Waals surface area contributed by atoms with Crippen LogP contribution in [0, 0.1) is 0 Å². The van der Waals surface area contributed by atoms with E-state index < -0.39 is 0 Å². The fourth-order valence-electron chi connectivity index (χ4n) is 2.18. The number of halogens is 1. The van der Waals surface area contributed by atoms with Gasteiger partial charge in [0, 0.05) is 15.8 Å². The molecule has 106 valence electrons. The maximum absolute atomic E-state index is 11.4. The molecule has 19 heavy (non-hydrogen) atoms. The van der Waals surface area contributed by atoms with E-state index in [1.165, 1.54) is 30.6 Å². The van der Waals surface area contributed by atoms with Crippen LogP contribution in [0.2, 0.25) is 0 Å². The highest BCUT2D eigenvalue weighted by atomic mass is 35.5. The summed E-state index contributed by atoms with van der Waals surface area (Å²) in [6, 6.07) is 8.14. The average Bonchev–Trinajstić information content (AvgIpc) is 2.85. The van der Waals surface area contributed by atoms with Gasteiger partial charge in [0.05, 0.1) is 6.54 Å². The Labute approximate surface area is 125 Å². The lowest BCUT2D eigenvalue weighted by atomic mass is 10.3. The molecule has 0 spiro atoms. The van der Waals surface area contributed by atoms with Gasteiger partial charge in [-0.2, -0.15) is 0 Å². The van der Waals surface area contributed by atoms with E-state index >= 15 is 0 Å². The number of hydrogen-bond acceptors (Lipinski definition) is 3. The molecule has 2 N–H and O–H groups in total. The molecule has 0 heterocycles. The van der Waals surface area contributed by atoms with E-state index in [4.69, 9.17) is 0 Å². The van der Waals surface area contributed by atoms with Gasteiger partial charge in [0.1, 0.15) is 0 Å². The van der Waals surface area contributed by atoms with E-state index in [9.17, 15) is 4.79 Å². The van der Waals surface area contributed by atoms with Gasteiger partial charge < -0.3 is 10.6 Å². The molecule has 0 radical (unpaired) electrons. The number of benzene rings is 1. The predicted molar refractivity (Wildman–Crippen MR) is 84.4 cm³/mol. The summed E-state index contributed by atoms with van der Waals surface area (Å²) in [7, 11) is 1.76. The third-order valence-electron chi connectivity index (χ3n) is 3.08. The summed E-state index contributed by atoms with van der Waals surface area (Å²) in [6.45, 7) is 0.346. The van der Waals surface area contributed by atoms with Gasteiger partial charge in [-0.05, 0) is 44.2 Å². The first-order valence-corrected chi connectivity index (χ1v) is 7.37. The second-order valence-corrected chi connectivity index (χ2v) is 6.00. The van der Waals surface area contributed by atoms with Crippen LogP contribution in [-0.2, 0) is 4.79 Å². The number of thioether (sulfide) groups is 1. The zero-order chi connectivity index (χ0) is 12.8. The molecule has 5 heteroatoms. The van der Waals surface area contributed by atoms with Crippen molar-refractivity contribution in [3.63, 3.8) is 0 Å². The van der Waals surface area contributed by atoms with Gasteiger partial charge >= 0.3 is 0 Å². The first-order chi connectivity index (χ1) is 8.78. The summed E-state index contributed by atoms with van der Waals surface area (Å²) in [5, 5.41) is 6.47. The van der Waals surface area contributed by atoms with E-state index in [0.29, 0.717) is 6.54 Å². The second kappa shape index (κ2) is 8.46. The zero-order valence-corrected chi connectivity index (χ0v) is 12.8. The molecule has 1 fully saturated rings. The van der Waals surface area contributed by atoms with Gasteiger partial charge in [0.25, 0.3) is 0 Å². The van der Waals surface area contributed by atoms with Crippen molar-refractivity contribution in [3.8, 4) is 0 Å². The second-order valence-electron chi connectivity index (χ2n) is 4.63. The number of anilines is 1. The molecule has 1 saturated carbocycles. The Bertz CT molecular complexity index is 391. The molecule has 0 bridgehead atoms. The molecular weight excluding hydrogens is 280 g/mol. The number of carbonyl (C=O) groups excluding carboxylic acids is 1. The molecule has 0 unspecified atom stereocenters. The largest absolute Gasteiger partial charge is 0.325 e. The van der Waals surface area contributed by atoms with Gasteiger partial charge in [0.15, 0.2) is 0 Å². The van der Waals surface area contributed by atoms with Crippen LogP contribution in [0.4, 0.5) is 5.69 Å². The van der Waals surface area contributed by atoms with Gasteiger partial charge in [-0.1, -0.05) is 12.8 Å². The summed E-state index contributed by atoms with van der Waals surface area (Å²) in [4.78, 5) is 12.7. The van der Waals surface area contributed by atoms with Gasteiger partial charge in [-0.15, -0.1) is 24.2 Å². The van der Waals surface area contributed by atoms with Crippen molar-refractivity contribution < 1.29 is 4.79 Å². The minimum Gasteiger partial charge on any atom is -0.325 e. The van der Waals surface area contributed by atoms with Crippen molar-refractivity contribution in [3.05, 3.63) is 24.3 Å². The van der Waals surface area contributed by atoms with Crippen molar-refractivity contribution in [2.75, 3.05) is 18.9 Å². The number of nitrogens with one attached hydrogen (secondary N) is 2. The first kappa shape index (κ1) is 16.3. The van der Waals surface area contributed by atoms with Crippen molar-refractivity contribution in [1.82, 2.24) is 5.32 Å². The fourth-order valence-corrected chi connectivity index (χ4v) is 3.43. The Morgan fingerprint density at radius 1 is 1.26 bits per heavy atom. The molecule has 1 amide bonds. The Morgan fingerprint density at radius 2 is 1.89 bits per heavy atom. The first-order valence-electron chi connectivity index (χ1n) is 6.49. The number of carbonyl (C=O) groups is 1. The van der Waals surface area contributed by atoms with Crippen LogP contribution in [0.5, 0.6) is 0 Å². The zero-order valence-electron chi connectivity index (χ0n) is 11.1. The molecular formula is C14H21ClN2OS. The average molecular weight is 301 g/mol. The van der Waals surface area contributed by atoms with E-state index in [0.717, 1.165) is 10.9 Å². The number of amides is 1. The van der Waals surface area contributed by atoms with Crippen molar-refractivity contribution in [1.29, 1.82) is 0 Å². The molecule has 1 aliphatic rings. The van der Waals surface area contributed by atoms with Gasteiger partial charge in [-0.25, -0.2) is 0 Å². The Hall–Kier alpha value is -0.710. The molecule has 1 aliphatic carbocycles. The Kier molecular flexibility index (Phi) is 7.28. The number of hydrogen-bond donors (Lipinski definition) is 2. The van der Waals surface area contributed by atoms with Crippen molar-refractivity contribution >= 4 is 35.8 Å². The molecule has 1 aromatic carbocycles. The molecule has 0 aromatic heterocycles. The quantitative estimate of drug-likeness (QED) is 0.876. The topological polar surface area (TPSA) is 41.1 Å². The highest BCUT2D eigenvalue weighted by Crippen LogP contribution is 2.34. The fraction of sp³-hybridized carbons (Fsp3) is 0.500. The van der Waals surface area contributed by atoms with Crippen LogP contribution < -0.4 is 10.6 Å². The van der Waals surface area contributed by atoms with E-state index in [1.54, 1.807) is 7.05 Å². The maximum atomic E-state index is 11.4. The van der Waals surface area contributed by atoms with E-state index in [2.05, 4.69) is 22.8 Å². The highest BCUT2D eigenvalue weighted by molar-refractivity contribution is 8.00. The minimum absolute atomic E-state index is 0. The predicted octanol–water partition coefficient (Wildman–Crippen LogP) is 3.30. The Balaban J connectivity index is 0.00000180. The number of rotatable bonds is 5. The van der Waals surface area contributed by atoms with Crippen LogP contribution in [0.1, 0.15) is 25.7 Å². The summed E-state index contributed by atoms with van der Waals surface area (Å²) in [6.07, 6.45) is 5.42. The van der Waals surface area contributed by atoms with E-state index in [1.807, 2.05) is 23.9 Å². The van der Waals surface area contributed by atoms with Gasteiger partial charge in [-0.3, -0.25) is 4.79 Å². The standard InChI is InChI=1S/C14H20N2OS.ClH/c1-15-10-14(17)16-11-6-8-13(9-7-11)18-12-4-2-3-5-12;/h6-9,12,15H,2-5,10H2,1H3,(H,16,17);1H. The molecule has 2 rings (SSSR count). The lowest BCUT2D eigenvalue weighted by molar-refractivity contribution is -0.115. The minimum atomic E-state index is -0.00584. The third kappa shape index (κ3) is 5.43. The number of likely N-dealkylation sites (N-methyl/N-ethyl adjacent to an activating group) is 1. The van der Waals surface area contributed by atoms with Crippen molar-refractivity contribution in [2.45, 2.75) is 35.8 Å². The van der Waals surface area contributed by atoms with Gasteiger partial charge in [0.2, 0.25) is 5.91 Å². The van der Waals surface area contributed by atoms with Crippen LogP contribution in [0.15, 0.2) is 29.2 Å². The van der Waals surface area contributed by atoms with Crippen LogP contribution in [-0.4, -0.2) is 24.7 Å². The summed E-state index contributed by atoms with van der Waals surface area (Å²) >= 11 is 1.96. The third-order valence-corrected chi connectivity index (χ3v) is 4.43. The molecule has 3 nitrogen and oxygen atoms in total. The summed E-state index contributed by atoms with van der Waals surface area (Å²) < 4.78 is 0.